The predicted molar refractivity (Wildman–Crippen MR) is 51.9 cm³/mol. The van der Waals surface area contributed by atoms with Gasteiger partial charge in [0.2, 0.25) is 0 Å². The first-order valence-electron chi connectivity index (χ1n) is 4.33. The fourth-order valence-corrected chi connectivity index (χ4v) is 1.03. The standard InChI is InChI=1S/C8H8N2.C2H6/c1-2-4-7-8(5-3-1)10-6-9-7;1-2/h1-2,4-6H,3H2,(H,9,10);1-2H3. The maximum atomic E-state index is 4.13. The number of hydrogen-bond donors (Lipinski definition) is 1. The fraction of sp³-hybridized carbons (Fsp3) is 0.300. The molecule has 0 saturated heterocycles. The highest BCUT2D eigenvalue weighted by Gasteiger charge is 1.87. The van der Waals surface area contributed by atoms with Crippen LogP contribution in [0.3, 0.4) is 0 Å². The second-order valence-corrected chi connectivity index (χ2v) is 2.24. The molecule has 0 atom stereocenters. The molecule has 0 fully saturated rings. The number of hydrogen-bond acceptors (Lipinski definition) is 1. The van der Waals surface area contributed by atoms with Crippen molar-refractivity contribution >= 4 is 12.2 Å². The van der Waals surface area contributed by atoms with Crippen LogP contribution >= 0.6 is 0 Å². The molecule has 1 aromatic rings. The number of aromatic amines is 1. The molecule has 0 bridgehead atoms. The monoisotopic (exact) mass is 162 g/mol. The molecular weight excluding hydrogens is 148 g/mol. The molecule has 0 spiro atoms. The lowest BCUT2D eigenvalue weighted by Gasteiger charge is -1.72. The van der Waals surface area contributed by atoms with Gasteiger partial charge in [-0.25, -0.2) is 4.98 Å². The first-order chi connectivity index (χ1) is 5.97. The first-order valence-corrected chi connectivity index (χ1v) is 4.33. The van der Waals surface area contributed by atoms with E-state index in [1.54, 1.807) is 6.33 Å². The van der Waals surface area contributed by atoms with Crippen molar-refractivity contribution in [2.24, 2.45) is 0 Å². The van der Waals surface area contributed by atoms with Gasteiger partial charge < -0.3 is 4.98 Å². The second kappa shape index (κ2) is 4.54. The van der Waals surface area contributed by atoms with Crippen LogP contribution in [0.4, 0.5) is 0 Å². The molecule has 1 N–H and O–H groups in total. The Morgan fingerprint density at radius 2 is 2.25 bits per heavy atom. The van der Waals surface area contributed by atoms with Gasteiger partial charge in [0, 0.05) is 0 Å². The van der Waals surface area contributed by atoms with Crippen LogP contribution in [0, 0.1) is 0 Å². The Bertz CT molecular complexity index is 357. The molecule has 12 heavy (non-hydrogen) atoms. The van der Waals surface area contributed by atoms with Gasteiger partial charge in [0.1, 0.15) is 0 Å². The Morgan fingerprint density at radius 3 is 3.08 bits per heavy atom. The average Bonchev–Trinajstić information content (AvgIpc) is 2.46. The number of fused-ring (bicyclic) bond motifs is 1. The SMILES string of the molecule is C1=CCC=c2nc[nH]c2=C1.CC. The summed E-state index contributed by atoms with van der Waals surface area (Å²) in [7, 11) is 0. The van der Waals surface area contributed by atoms with Gasteiger partial charge in [-0.2, -0.15) is 0 Å². The zero-order valence-corrected chi connectivity index (χ0v) is 7.54. The van der Waals surface area contributed by atoms with Gasteiger partial charge in [-0.05, 0) is 12.5 Å². The van der Waals surface area contributed by atoms with Crippen LogP contribution in [0.15, 0.2) is 18.5 Å². The maximum absolute atomic E-state index is 4.13. The van der Waals surface area contributed by atoms with Crippen molar-refractivity contribution in [3.63, 3.8) is 0 Å². The first kappa shape index (κ1) is 8.78. The summed E-state index contributed by atoms with van der Waals surface area (Å²) >= 11 is 0. The Labute approximate surface area is 72.3 Å². The molecule has 2 heteroatoms. The van der Waals surface area contributed by atoms with Crippen LogP contribution < -0.4 is 10.7 Å². The quantitative estimate of drug-likeness (QED) is 0.604. The normalized spacial score (nSPS) is 12.8. The van der Waals surface area contributed by atoms with E-state index in [9.17, 15) is 0 Å². The Hall–Kier alpha value is -1.31. The van der Waals surface area contributed by atoms with E-state index < -0.39 is 0 Å². The third-order valence-electron chi connectivity index (χ3n) is 1.55. The average molecular weight is 162 g/mol. The van der Waals surface area contributed by atoms with Crippen molar-refractivity contribution in [2.45, 2.75) is 20.3 Å². The third kappa shape index (κ3) is 1.84. The number of allylic oxidation sites excluding steroid dienone is 2. The minimum absolute atomic E-state index is 0.981. The van der Waals surface area contributed by atoms with E-state index in [-0.39, 0.29) is 0 Å². The van der Waals surface area contributed by atoms with Crippen LogP contribution in [-0.2, 0) is 0 Å². The molecule has 2 nitrogen and oxygen atoms in total. The van der Waals surface area contributed by atoms with Crippen molar-refractivity contribution in [2.75, 3.05) is 0 Å². The summed E-state index contributed by atoms with van der Waals surface area (Å²) in [5.41, 5.74) is 0. The Kier molecular flexibility index (Phi) is 3.33. The van der Waals surface area contributed by atoms with Crippen molar-refractivity contribution in [1.29, 1.82) is 0 Å². The van der Waals surface area contributed by atoms with Crippen LogP contribution in [0.5, 0.6) is 0 Å². The molecule has 1 aliphatic carbocycles. The summed E-state index contributed by atoms with van der Waals surface area (Å²) in [5.74, 6) is 0. The lowest BCUT2D eigenvalue weighted by molar-refractivity contribution is 1.28. The van der Waals surface area contributed by atoms with E-state index in [0.717, 1.165) is 17.1 Å². The zero-order chi connectivity index (χ0) is 8.81. The maximum Gasteiger partial charge on any atom is 0.0931 e. The molecule has 1 aromatic heterocycles. The molecule has 2 rings (SSSR count). The lowest BCUT2D eigenvalue weighted by atomic mass is 10.4. The highest BCUT2D eigenvalue weighted by Crippen LogP contribution is 1.85. The zero-order valence-electron chi connectivity index (χ0n) is 7.54. The van der Waals surface area contributed by atoms with Crippen molar-refractivity contribution in [1.82, 2.24) is 9.97 Å². The largest absolute Gasteiger partial charge is 0.345 e. The van der Waals surface area contributed by atoms with E-state index in [1.807, 2.05) is 26.0 Å². The number of nitrogens with zero attached hydrogens (tertiary/aromatic N) is 1. The molecule has 64 valence electrons. The van der Waals surface area contributed by atoms with Gasteiger partial charge in [0.25, 0.3) is 0 Å². The molecular formula is C10H14N2. The van der Waals surface area contributed by atoms with E-state index in [4.69, 9.17) is 0 Å². The summed E-state index contributed by atoms with van der Waals surface area (Å²) in [6.45, 7) is 4.00. The van der Waals surface area contributed by atoms with Crippen molar-refractivity contribution in [3.8, 4) is 0 Å². The molecule has 0 saturated carbocycles. The number of rotatable bonds is 0. The van der Waals surface area contributed by atoms with E-state index in [0.29, 0.717) is 0 Å². The summed E-state index contributed by atoms with van der Waals surface area (Å²) in [6, 6.07) is 0. The number of H-pyrrole nitrogens is 1. The van der Waals surface area contributed by atoms with Crippen LogP contribution in [-0.4, -0.2) is 9.97 Å². The summed E-state index contributed by atoms with van der Waals surface area (Å²) in [6.07, 6.45) is 11.0. The molecule has 0 unspecified atom stereocenters. The molecule has 0 amide bonds. The minimum Gasteiger partial charge on any atom is -0.345 e. The predicted octanol–water partition coefficient (Wildman–Crippen LogP) is 0.957. The van der Waals surface area contributed by atoms with E-state index in [1.165, 1.54) is 0 Å². The van der Waals surface area contributed by atoms with Gasteiger partial charge in [-0.3, -0.25) is 0 Å². The smallest absolute Gasteiger partial charge is 0.0931 e. The number of nitrogens with one attached hydrogen (secondary N) is 1. The van der Waals surface area contributed by atoms with Gasteiger partial charge >= 0.3 is 0 Å². The Balaban J connectivity index is 0.000000336. The fourth-order valence-electron chi connectivity index (χ4n) is 1.03. The van der Waals surface area contributed by atoms with Gasteiger partial charge in [0.05, 0.1) is 17.0 Å². The molecule has 0 aromatic carbocycles. The van der Waals surface area contributed by atoms with Gasteiger partial charge in [-0.15, -0.1) is 0 Å². The molecule has 1 heterocycles. The van der Waals surface area contributed by atoms with Crippen LogP contribution in [0.2, 0.25) is 0 Å². The van der Waals surface area contributed by atoms with Gasteiger partial charge in [-0.1, -0.05) is 32.1 Å². The highest BCUT2D eigenvalue weighted by molar-refractivity contribution is 5.40. The Morgan fingerprint density at radius 1 is 1.42 bits per heavy atom. The van der Waals surface area contributed by atoms with Crippen LogP contribution in [0.25, 0.3) is 12.2 Å². The third-order valence-corrected chi connectivity index (χ3v) is 1.55. The highest BCUT2D eigenvalue weighted by atomic mass is 14.8. The second-order valence-electron chi connectivity index (χ2n) is 2.24. The minimum atomic E-state index is 0.981. The van der Waals surface area contributed by atoms with E-state index in [2.05, 4.69) is 22.1 Å². The van der Waals surface area contributed by atoms with Crippen molar-refractivity contribution < 1.29 is 0 Å². The lowest BCUT2D eigenvalue weighted by Crippen LogP contribution is -2.23. The molecule has 0 radical (unpaired) electrons. The summed E-state index contributed by atoms with van der Waals surface area (Å²) in [5, 5.41) is 2.17. The summed E-state index contributed by atoms with van der Waals surface area (Å²) < 4.78 is 0. The molecule has 1 aliphatic rings. The molecule has 0 aliphatic heterocycles. The van der Waals surface area contributed by atoms with Gasteiger partial charge in [0.15, 0.2) is 0 Å². The van der Waals surface area contributed by atoms with Crippen molar-refractivity contribution in [3.05, 3.63) is 29.2 Å². The topological polar surface area (TPSA) is 28.7 Å². The van der Waals surface area contributed by atoms with E-state index >= 15 is 0 Å². The van der Waals surface area contributed by atoms with Crippen LogP contribution in [0.1, 0.15) is 20.3 Å². The number of aromatic nitrogens is 2. The number of imidazole rings is 1. The summed E-state index contributed by atoms with van der Waals surface area (Å²) in [4.78, 5) is 7.18.